The van der Waals surface area contributed by atoms with Gasteiger partial charge in [-0.05, 0) is 16.4 Å². The Labute approximate surface area is 111 Å². The standard InChI is InChI=1S/C9H6Cl2N6O/c10-6-3-8(11)7-5-16(15-2-1-12-13-15)14-17(18)9(7)4-6/h1-4H,5H2. The second-order valence-corrected chi connectivity index (χ2v) is 4.45. The quantitative estimate of drug-likeness (QED) is 0.595. The van der Waals surface area contributed by atoms with E-state index in [2.05, 4.69) is 15.5 Å². The van der Waals surface area contributed by atoms with Crippen LogP contribution in [0.3, 0.4) is 0 Å². The maximum atomic E-state index is 11.8. The molecule has 0 saturated carbocycles. The Morgan fingerprint density at radius 2 is 2.17 bits per heavy atom. The zero-order valence-corrected chi connectivity index (χ0v) is 10.4. The molecular formula is C9H6Cl2N6O. The molecule has 3 rings (SSSR count). The Hall–Kier alpha value is -1.86. The Balaban J connectivity index is 2.09. The monoisotopic (exact) mass is 284 g/mol. The van der Waals surface area contributed by atoms with Crippen molar-refractivity contribution >= 4 is 28.9 Å². The van der Waals surface area contributed by atoms with Gasteiger partial charge >= 0.3 is 0 Å². The van der Waals surface area contributed by atoms with E-state index < -0.39 is 0 Å². The van der Waals surface area contributed by atoms with Crippen molar-refractivity contribution in [3.05, 3.63) is 45.3 Å². The van der Waals surface area contributed by atoms with Crippen molar-refractivity contribution in [1.29, 1.82) is 0 Å². The van der Waals surface area contributed by atoms with Crippen LogP contribution in [0.25, 0.3) is 0 Å². The van der Waals surface area contributed by atoms with Crippen molar-refractivity contribution in [1.82, 2.24) is 15.1 Å². The zero-order valence-electron chi connectivity index (χ0n) is 8.86. The molecule has 0 unspecified atom stereocenters. The van der Waals surface area contributed by atoms with Crippen LogP contribution in [0.4, 0.5) is 5.69 Å². The molecule has 0 aliphatic carbocycles. The minimum absolute atomic E-state index is 0.313. The molecule has 0 amide bonds. The predicted molar refractivity (Wildman–Crippen MR) is 64.1 cm³/mol. The van der Waals surface area contributed by atoms with Gasteiger partial charge in [0.15, 0.2) is 12.2 Å². The third-order valence-corrected chi connectivity index (χ3v) is 3.03. The lowest BCUT2D eigenvalue weighted by atomic mass is 10.1. The molecule has 0 atom stereocenters. The predicted octanol–water partition coefficient (Wildman–Crippen LogP) is 2.25. The first-order chi connectivity index (χ1) is 8.65. The summed E-state index contributed by atoms with van der Waals surface area (Å²) >= 11 is 11.9. The van der Waals surface area contributed by atoms with E-state index in [9.17, 15) is 5.21 Å². The third-order valence-electron chi connectivity index (χ3n) is 2.47. The van der Waals surface area contributed by atoms with E-state index >= 15 is 0 Å². The highest BCUT2D eigenvalue weighted by Gasteiger charge is 2.27. The van der Waals surface area contributed by atoms with Crippen LogP contribution in [0.2, 0.25) is 10.0 Å². The van der Waals surface area contributed by atoms with Gasteiger partial charge in [0.05, 0.1) is 23.0 Å². The summed E-state index contributed by atoms with van der Waals surface area (Å²) in [4.78, 5) is 1.80. The Morgan fingerprint density at radius 3 is 2.89 bits per heavy atom. The molecule has 0 N–H and O–H groups in total. The van der Waals surface area contributed by atoms with E-state index in [0.717, 1.165) is 0 Å². The van der Waals surface area contributed by atoms with Crippen molar-refractivity contribution in [3.8, 4) is 0 Å². The van der Waals surface area contributed by atoms with Gasteiger partial charge in [0, 0.05) is 11.1 Å². The Morgan fingerprint density at radius 1 is 1.33 bits per heavy atom. The van der Waals surface area contributed by atoms with Crippen LogP contribution in [0.15, 0.2) is 29.7 Å². The number of halogens is 2. The lowest BCUT2D eigenvalue weighted by molar-refractivity contribution is -0.450. The molecule has 1 aromatic heterocycles. The van der Waals surface area contributed by atoms with E-state index in [4.69, 9.17) is 23.2 Å². The van der Waals surface area contributed by atoms with Gasteiger partial charge in [0.25, 0.3) is 0 Å². The van der Waals surface area contributed by atoms with Crippen LogP contribution in [0, 0.1) is 5.21 Å². The molecule has 0 radical (unpaired) electrons. The van der Waals surface area contributed by atoms with Crippen molar-refractivity contribution in [2.45, 2.75) is 6.54 Å². The van der Waals surface area contributed by atoms with Crippen LogP contribution in [0.1, 0.15) is 5.56 Å². The average molecular weight is 285 g/mol. The number of nitrogens with zero attached hydrogens (tertiary/aromatic N) is 6. The fourth-order valence-electron chi connectivity index (χ4n) is 1.67. The molecular weight excluding hydrogens is 279 g/mol. The van der Waals surface area contributed by atoms with Crippen LogP contribution in [-0.4, -0.2) is 20.0 Å². The number of fused-ring (bicyclic) bond motifs is 1. The summed E-state index contributed by atoms with van der Waals surface area (Å²) in [7, 11) is 0. The van der Waals surface area contributed by atoms with E-state index in [1.807, 2.05) is 0 Å². The average Bonchev–Trinajstić information content (AvgIpc) is 2.83. The van der Waals surface area contributed by atoms with Crippen molar-refractivity contribution in [3.63, 3.8) is 0 Å². The van der Waals surface area contributed by atoms with Gasteiger partial charge in [-0.2, -0.15) is 0 Å². The fourth-order valence-corrected chi connectivity index (χ4v) is 2.21. The Kier molecular flexibility index (Phi) is 2.57. The van der Waals surface area contributed by atoms with Crippen molar-refractivity contribution in [2.24, 2.45) is 5.22 Å². The van der Waals surface area contributed by atoms with Crippen molar-refractivity contribution in [2.75, 3.05) is 5.12 Å². The summed E-state index contributed by atoms with van der Waals surface area (Å²) in [6.07, 6.45) is 3.07. The maximum Gasteiger partial charge on any atom is 0.168 e. The summed E-state index contributed by atoms with van der Waals surface area (Å²) < 4.78 is 0. The Bertz CT molecular complexity index is 626. The summed E-state index contributed by atoms with van der Waals surface area (Å²) in [5, 5.41) is 25.2. The van der Waals surface area contributed by atoms with E-state index in [1.54, 1.807) is 12.3 Å². The minimum Gasteiger partial charge on any atom is -0.691 e. The highest BCUT2D eigenvalue weighted by Crippen LogP contribution is 2.34. The van der Waals surface area contributed by atoms with Gasteiger partial charge in [-0.15, -0.1) is 9.96 Å². The van der Waals surface area contributed by atoms with Gasteiger partial charge in [0.1, 0.15) is 5.22 Å². The number of aromatic nitrogens is 3. The SMILES string of the molecule is [O-][N+]1=NN(n2ccnn2)Cc2c(Cl)cc(Cl)cc21. The topological polar surface area (TPSA) is 72.4 Å². The second kappa shape index (κ2) is 4.11. The molecule has 92 valence electrons. The summed E-state index contributed by atoms with van der Waals surface area (Å²) in [6, 6.07) is 3.11. The molecule has 2 heterocycles. The van der Waals surface area contributed by atoms with Crippen LogP contribution in [0.5, 0.6) is 0 Å². The first kappa shape index (κ1) is 11.2. The lowest BCUT2D eigenvalue weighted by Gasteiger charge is -2.20. The molecule has 9 heteroatoms. The van der Waals surface area contributed by atoms with E-state index in [1.165, 1.54) is 22.2 Å². The second-order valence-electron chi connectivity index (χ2n) is 3.60. The molecule has 0 spiro atoms. The van der Waals surface area contributed by atoms with Gasteiger partial charge in [-0.3, -0.25) is 0 Å². The fraction of sp³-hybridized carbons (Fsp3) is 0.111. The van der Waals surface area contributed by atoms with Gasteiger partial charge < -0.3 is 5.21 Å². The maximum absolute atomic E-state index is 11.8. The van der Waals surface area contributed by atoms with Crippen LogP contribution in [-0.2, 0) is 6.54 Å². The van der Waals surface area contributed by atoms with E-state index in [0.29, 0.717) is 32.7 Å². The van der Waals surface area contributed by atoms with Gasteiger partial charge in [-0.1, -0.05) is 28.0 Å². The first-order valence-electron chi connectivity index (χ1n) is 4.96. The van der Waals surface area contributed by atoms with Crippen molar-refractivity contribution < 1.29 is 4.86 Å². The van der Waals surface area contributed by atoms with Crippen LogP contribution < -0.4 is 5.12 Å². The summed E-state index contributed by atoms with van der Waals surface area (Å²) in [5.41, 5.74) is 0.977. The minimum atomic E-state index is 0.313. The molecule has 1 aromatic carbocycles. The number of benzene rings is 1. The summed E-state index contributed by atoms with van der Waals surface area (Å²) in [6.45, 7) is 0.313. The number of rotatable bonds is 1. The number of hydrogen-bond donors (Lipinski definition) is 0. The molecule has 1 aliphatic rings. The normalized spacial score (nSPS) is 14.3. The largest absolute Gasteiger partial charge is 0.691 e. The number of hydrogen-bond acceptors (Lipinski definition) is 5. The molecule has 0 saturated heterocycles. The highest BCUT2D eigenvalue weighted by molar-refractivity contribution is 6.35. The molecule has 0 bridgehead atoms. The smallest absolute Gasteiger partial charge is 0.168 e. The van der Waals surface area contributed by atoms with Crippen LogP contribution >= 0.6 is 23.2 Å². The lowest BCUT2D eigenvalue weighted by Crippen LogP contribution is -2.33. The highest BCUT2D eigenvalue weighted by atomic mass is 35.5. The molecule has 7 nitrogen and oxygen atoms in total. The van der Waals surface area contributed by atoms with E-state index in [-0.39, 0.29) is 0 Å². The first-order valence-corrected chi connectivity index (χ1v) is 5.71. The molecule has 0 fully saturated rings. The molecule has 2 aromatic rings. The van der Waals surface area contributed by atoms with Gasteiger partial charge in [0.2, 0.25) is 0 Å². The third kappa shape index (κ3) is 1.77. The summed E-state index contributed by atoms with van der Waals surface area (Å²) in [5.74, 6) is 0. The van der Waals surface area contributed by atoms with Gasteiger partial charge in [-0.25, -0.2) is 0 Å². The zero-order chi connectivity index (χ0) is 12.7. The molecule has 18 heavy (non-hydrogen) atoms. The molecule has 1 aliphatic heterocycles.